The van der Waals surface area contributed by atoms with Gasteiger partial charge in [0.05, 0.1) is 11.8 Å². The molecule has 2 aromatic carbocycles. The molecule has 0 atom stereocenters. The number of ether oxygens (including phenoxy) is 5. The topological polar surface area (TPSA) is 114 Å². The Kier molecular flexibility index (Phi) is 8.79. The Morgan fingerprint density at radius 3 is 1.68 bits per heavy atom. The van der Waals surface area contributed by atoms with E-state index in [1.807, 2.05) is 6.07 Å². The lowest BCUT2D eigenvalue weighted by Gasteiger charge is -2.25. The van der Waals surface area contributed by atoms with Gasteiger partial charge in [0.2, 0.25) is 6.79 Å². The Bertz CT molecular complexity index is 1010. The van der Waals surface area contributed by atoms with Crippen LogP contribution in [-0.4, -0.2) is 30.9 Å². The van der Waals surface area contributed by atoms with Gasteiger partial charge in [-0.25, -0.2) is 9.59 Å². The number of rotatable bonds is 8. The minimum atomic E-state index is -1.07. The maximum Gasteiger partial charge on any atom is 0.516 e. The van der Waals surface area contributed by atoms with Crippen molar-refractivity contribution in [3.8, 4) is 17.2 Å². The molecule has 34 heavy (non-hydrogen) atoms. The van der Waals surface area contributed by atoms with Gasteiger partial charge in [0.1, 0.15) is 17.2 Å². The zero-order valence-corrected chi connectivity index (χ0v) is 18.3. The summed E-state index contributed by atoms with van der Waals surface area (Å²) in [6, 6.07) is 14.7. The van der Waals surface area contributed by atoms with Crippen LogP contribution in [0.4, 0.5) is 4.79 Å². The molecule has 0 bridgehead atoms. The molecule has 0 spiro atoms. The monoisotopic (exact) mass is 468 g/mol. The van der Waals surface area contributed by atoms with Gasteiger partial charge in [-0.05, 0) is 62.1 Å². The Morgan fingerprint density at radius 1 is 0.706 bits per heavy atom. The number of carbonyl (C=O) groups is 4. The van der Waals surface area contributed by atoms with Gasteiger partial charge >= 0.3 is 24.1 Å². The molecule has 9 heteroatoms. The summed E-state index contributed by atoms with van der Waals surface area (Å²) in [5.41, 5.74) is 0. The van der Waals surface area contributed by atoms with E-state index in [-0.39, 0.29) is 35.3 Å². The smallest absolute Gasteiger partial charge is 0.426 e. The van der Waals surface area contributed by atoms with E-state index >= 15 is 0 Å². The molecule has 1 saturated carbocycles. The summed E-state index contributed by atoms with van der Waals surface area (Å²) in [6.07, 6.45) is 2.00. The summed E-state index contributed by atoms with van der Waals surface area (Å²) < 4.78 is 24.8. The second-order valence-corrected chi connectivity index (χ2v) is 7.46. The lowest BCUT2D eigenvalue weighted by molar-refractivity contribution is -0.146. The van der Waals surface area contributed by atoms with Crippen LogP contribution in [0.2, 0.25) is 0 Å². The summed E-state index contributed by atoms with van der Waals surface area (Å²) in [4.78, 5) is 47.3. The van der Waals surface area contributed by atoms with E-state index in [1.54, 1.807) is 24.3 Å². The predicted molar refractivity (Wildman–Crippen MR) is 118 cm³/mol. The second-order valence-electron chi connectivity index (χ2n) is 7.46. The Balaban J connectivity index is 1.40. The van der Waals surface area contributed by atoms with Crippen molar-refractivity contribution in [1.82, 2.24) is 0 Å². The summed E-state index contributed by atoms with van der Waals surface area (Å²) in [6.45, 7) is 2.60. The highest BCUT2D eigenvalue weighted by Gasteiger charge is 2.32. The van der Waals surface area contributed by atoms with Crippen molar-refractivity contribution in [3.63, 3.8) is 0 Å². The minimum absolute atomic E-state index is 0.150. The molecule has 0 amide bonds. The number of hydrogen-bond acceptors (Lipinski definition) is 9. The molecule has 0 saturated heterocycles. The zero-order valence-electron chi connectivity index (χ0n) is 18.3. The molecule has 1 fully saturated rings. The first kappa shape index (κ1) is 24.5. The molecule has 0 N–H and O–H groups in total. The first-order chi connectivity index (χ1) is 16.4. The summed E-state index contributed by atoms with van der Waals surface area (Å²) in [7, 11) is 0. The highest BCUT2D eigenvalue weighted by atomic mass is 16.8. The fraction of sp³-hybridized carbons (Fsp3) is 0.280. The Morgan fingerprint density at radius 2 is 1.18 bits per heavy atom. The van der Waals surface area contributed by atoms with Crippen molar-refractivity contribution in [2.24, 2.45) is 11.8 Å². The van der Waals surface area contributed by atoms with Gasteiger partial charge in [-0.2, -0.15) is 0 Å². The van der Waals surface area contributed by atoms with Crippen molar-refractivity contribution < 1.29 is 42.9 Å². The van der Waals surface area contributed by atoms with Crippen molar-refractivity contribution in [2.45, 2.75) is 25.7 Å². The van der Waals surface area contributed by atoms with Gasteiger partial charge in [-0.3, -0.25) is 9.59 Å². The Hall–Kier alpha value is -4.14. The van der Waals surface area contributed by atoms with Gasteiger partial charge in [-0.1, -0.05) is 24.8 Å². The van der Waals surface area contributed by atoms with Crippen molar-refractivity contribution in [3.05, 3.63) is 67.3 Å². The van der Waals surface area contributed by atoms with Crippen molar-refractivity contribution in [1.29, 1.82) is 0 Å². The van der Waals surface area contributed by atoms with Gasteiger partial charge < -0.3 is 23.7 Å². The number of para-hydroxylation sites is 1. The van der Waals surface area contributed by atoms with Crippen molar-refractivity contribution >= 4 is 24.1 Å². The molecular formula is C25H24O9. The van der Waals surface area contributed by atoms with E-state index < -0.39 is 18.9 Å². The molecule has 0 unspecified atom stereocenters. The fourth-order valence-electron chi connectivity index (χ4n) is 3.35. The third-order valence-corrected chi connectivity index (χ3v) is 5.14. The maximum atomic E-state index is 12.5. The molecule has 0 radical (unpaired) electrons. The number of esters is 3. The van der Waals surface area contributed by atoms with E-state index in [0.29, 0.717) is 31.4 Å². The van der Waals surface area contributed by atoms with Crippen LogP contribution in [-0.2, 0) is 23.9 Å². The highest BCUT2D eigenvalue weighted by Crippen LogP contribution is 2.31. The predicted octanol–water partition coefficient (Wildman–Crippen LogP) is 4.21. The quantitative estimate of drug-likeness (QED) is 0.185. The lowest BCUT2D eigenvalue weighted by atomic mass is 9.82. The number of hydrogen-bond donors (Lipinski definition) is 0. The number of benzene rings is 2. The van der Waals surface area contributed by atoms with Crippen LogP contribution in [0.1, 0.15) is 25.7 Å². The zero-order chi connectivity index (χ0) is 24.3. The Labute approximate surface area is 196 Å². The molecular weight excluding hydrogens is 444 g/mol. The average Bonchev–Trinajstić information content (AvgIpc) is 2.85. The van der Waals surface area contributed by atoms with Gasteiger partial charge in [0.25, 0.3) is 0 Å². The van der Waals surface area contributed by atoms with Crippen molar-refractivity contribution in [2.75, 3.05) is 6.79 Å². The van der Waals surface area contributed by atoms with E-state index in [2.05, 4.69) is 16.1 Å². The third kappa shape index (κ3) is 7.47. The minimum Gasteiger partial charge on any atom is -0.426 e. The van der Waals surface area contributed by atoms with Crippen LogP contribution in [0, 0.1) is 11.8 Å². The lowest BCUT2D eigenvalue weighted by Crippen LogP contribution is -2.30. The molecule has 3 rings (SSSR count). The fourth-order valence-corrected chi connectivity index (χ4v) is 3.35. The van der Waals surface area contributed by atoms with Gasteiger partial charge in [0, 0.05) is 6.08 Å². The molecule has 1 aliphatic rings. The van der Waals surface area contributed by atoms with E-state index in [9.17, 15) is 19.2 Å². The molecule has 0 aromatic heterocycles. The summed E-state index contributed by atoms with van der Waals surface area (Å²) in [5, 5.41) is 0. The van der Waals surface area contributed by atoms with Crippen LogP contribution in [0.3, 0.4) is 0 Å². The molecule has 2 aromatic rings. The number of carbonyl (C=O) groups excluding carboxylic acids is 4. The van der Waals surface area contributed by atoms with Crippen LogP contribution < -0.4 is 14.2 Å². The van der Waals surface area contributed by atoms with E-state index in [0.717, 1.165) is 6.08 Å². The summed E-state index contributed by atoms with van der Waals surface area (Å²) in [5.74, 6) is -1.03. The maximum absolute atomic E-state index is 12.5. The molecule has 1 aliphatic carbocycles. The molecule has 0 heterocycles. The van der Waals surface area contributed by atoms with E-state index in [4.69, 9.17) is 14.2 Å². The second kappa shape index (κ2) is 12.2. The van der Waals surface area contributed by atoms with Crippen LogP contribution in [0.25, 0.3) is 0 Å². The van der Waals surface area contributed by atoms with Gasteiger partial charge in [-0.15, -0.1) is 0 Å². The highest BCUT2D eigenvalue weighted by molar-refractivity contribution is 5.81. The van der Waals surface area contributed by atoms with Crippen LogP contribution in [0.15, 0.2) is 67.3 Å². The van der Waals surface area contributed by atoms with Crippen LogP contribution >= 0.6 is 0 Å². The molecule has 178 valence electrons. The molecule has 0 aliphatic heterocycles. The first-order valence-electron chi connectivity index (χ1n) is 10.7. The molecule has 9 nitrogen and oxygen atoms in total. The summed E-state index contributed by atoms with van der Waals surface area (Å²) >= 11 is 0. The normalized spacial score (nSPS) is 17.1. The standard InChI is InChI=1S/C25H24O9/c1-2-22(26)30-16-31-25(29)34-21-14-12-20(13-15-21)33-24(28)18-10-8-17(9-11-18)23(27)32-19-6-4-3-5-7-19/h2-7,12-15,17-18H,1,8-11,16H2. The van der Waals surface area contributed by atoms with E-state index in [1.165, 1.54) is 24.3 Å². The largest absolute Gasteiger partial charge is 0.516 e. The first-order valence-corrected chi connectivity index (χ1v) is 10.7. The SMILES string of the molecule is C=CC(=O)OCOC(=O)Oc1ccc(OC(=O)C2CCC(C(=O)Oc3ccccc3)CC2)cc1. The third-order valence-electron chi connectivity index (χ3n) is 5.14. The van der Waals surface area contributed by atoms with Crippen LogP contribution in [0.5, 0.6) is 17.2 Å². The van der Waals surface area contributed by atoms with Gasteiger partial charge in [0.15, 0.2) is 0 Å². The average molecular weight is 468 g/mol.